The largest absolute Gasteiger partial charge is 0.478 e. The van der Waals surface area contributed by atoms with E-state index in [4.69, 9.17) is 16.7 Å². The van der Waals surface area contributed by atoms with Gasteiger partial charge in [0, 0.05) is 15.5 Å². The van der Waals surface area contributed by atoms with E-state index in [0.717, 1.165) is 10.4 Å². The normalized spacial score (nSPS) is 10.4. The van der Waals surface area contributed by atoms with Gasteiger partial charge in [-0.1, -0.05) is 11.6 Å². The number of carboxylic acids is 1. The summed E-state index contributed by atoms with van der Waals surface area (Å²) >= 11 is 7.42. The van der Waals surface area contributed by atoms with Crippen molar-refractivity contribution in [3.8, 4) is 10.4 Å². The molecule has 0 aliphatic carbocycles. The first-order chi connectivity index (χ1) is 7.59. The van der Waals surface area contributed by atoms with E-state index in [2.05, 4.69) is 0 Å². The smallest absolute Gasteiger partial charge is 0.336 e. The van der Waals surface area contributed by atoms with Gasteiger partial charge in [0.05, 0.1) is 5.56 Å². The van der Waals surface area contributed by atoms with Crippen LogP contribution in [-0.2, 0) is 0 Å². The molecular formula is C12H9ClO2S. The number of thiophene rings is 1. The highest BCUT2D eigenvalue weighted by molar-refractivity contribution is 7.13. The van der Waals surface area contributed by atoms with E-state index in [9.17, 15) is 4.79 Å². The molecule has 0 spiro atoms. The molecule has 0 aliphatic rings. The van der Waals surface area contributed by atoms with Gasteiger partial charge < -0.3 is 5.11 Å². The van der Waals surface area contributed by atoms with E-state index < -0.39 is 5.97 Å². The first kappa shape index (κ1) is 11.2. The number of benzene rings is 1. The lowest BCUT2D eigenvalue weighted by Gasteiger charge is -2.05. The lowest BCUT2D eigenvalue weighted by Crippen LogP contribution is -1.99. The summed E-state index contributed by atoms with van der Waals surface area (Å²) in [5.41, 5.74) is 2.04. The summed E-state index contributed by atoms with van der Waals surface area (Å²) in [7, 11) is 0. The second kappa shape index (κ2) is 4.28. The van der Waals surface area contributed by atoms with Crippen LogP contribution in [0.3, 0.4) is 0 Å². The second-order valence-electron chi connectivity index (χ2n) is 3.43. The van der Waals surface area contributed by atoms with Crippen molar-refractivity contribution in [1.82, 2.24) is 0 Å². The van der Waals surface area contributed by atoms with Crippen LogP contribution in [-0.4, -0.2) is 11.1 Å². The van der Waals surface area contributed by atoms with Gasteiger partial charge >= 0.3 is 5.97 Å². The van der Waals surface area contributed by atoms with Crippen LogP contribution in [0.5, 0.6) is 0 Å². The van der Waals surface area contributed by atoms with Gasteiger partial charge in [0.1, 0.15) is 0 Å². The van der Waals surface area contributed by atoms with Crippen molar-refractivity contribution in [3.05, 3.63) is 45.8 Å². The van der Waals surface area contributed by atoms with Crippen molar-refractivity contribution in [2.45, 2.75) is 6.92 Å². The minimum atomic E-state index is -0.931. The summed E-state index contributed by atoms with van der Waals surface area (Å²) in [6, 6.07) is 6.80. The van der Waals surface area contributed by atoms with Crippen LogP contribution < -0.4 is 0 Å². The molecule has 4 heteroatoms. The van der Waals surface area contributed by atoms with Crippen molar-refractivity contribution < 1.29 is 9.90 Å². The summed E-state index contributed by atoms with van der Waals surface area (Å²) in [6.45, 7) is 1.96. The first-order valence-electron chi connectivity index (χ1n) is 4.67. The Labute approximate surface area is 102 Å². The molecule has 1 heterocycles. The Balaban J connectivity index is 2.67. The maximum absolute atomic E-state index is 11.1. The molecule has 0 amide bonds. The average molecular weight is 253 g/mol. The predicted molar refractivity (Wildman–Crippen MR) is 66.5 cm³/mol. The molecule has 2 nitrogen and oxygen atoms in total. The fraction of sp³-hybridized carbons (Fsp3) is 0.0833. The van der Waals surface area contributed by atoms with Crippen LogP contribution in [0.25, 0.3) is 10.4 Å². The van der Waals surface area contributed by atoms with Gasteiger partial charge in [-0.2, -0.15) is 0 Å². The molecule has 1 N–H and O–H groups in total. The number of halogens is 1. The van der Waals surface area contributed by atoms with Gasteiger partial charge in [0.2, 0.25) is 0 Å². The molecule has 82 valence electrons. The minimum absolute atomic E-state index is 0.287. The number of carbonyl (C=O) groups is 1. The molecule has 2 aromatic rings. The van der Waals surface area contributed by atoms with Gasteiger partial charge in [-0.15, -0.1) is 11.3 Å². The van der Waals surface area contributed by atoms with E-state index in [1.165, 1.54) is 11.3 Å². The Morgan fingerprint density at radius 3 is 2.69 bits per heavy atom. The Kier molecular flexibility index (Phi) is 2.99. The molecular weight excluding hydrogens is 244 g/mol. The second-order valence-corrected chi connectivity index (χ2v) is 4.78. The summed E-state index contributed by atoms with van der Waals surface area (Å²) in [5, 5.41) is 11.6. The molecule has 0 atom stereocenters. The summed E-state index contributed by atoms with van der Waals surface area (Å²) < 4.78 is 0. The third-order valence-electron chi connectivity index (χ3n) is 2.32. The van der Waals surface area contributed by atoms with Crippen molar-refractivity contribution in [2.75, 3.05) is 0 Å². The maximum Gasteiger partial charge on any atom is 0.336 e. The third kappa shape index (κ3) is 1.96. The van der Waals surface area contributed by atoms with Gasteiger partial charge in [0.25, 0.3) is 0 Å². The molecule has 1 aromatic heterocycles. The molecule has 0 fully saturated rings. The first-order valence-corrected chi connectivity index (χ1v) is 5.92. The highest BCUT2D eigenvalue weighted by atomic mass is 35.5. The highest BCUT2D eigenvalue weighted by Crippen LogP contribution is 2.33. The highest BCUT2D eigenvalue weighted by Gasteiger charge is 2.14. The lowest BCUT2D eigenvalue weighted by molar-refractivity contribution is 0.0698. The molecule has 0 bridgehead atoms. The van der Waals surface area contributed by atoms with Gasteiger partial charge in [-0.05, 0) is 42.1 Å². The van der Waals surface area contributed by atoms with Crippen molar-refractivity contribution in [3.63, 3.8) is 0 Å². The lowest BCUT2D eigenvalue weighted by atomic mass is 10.0. The van der Waals surface area contributed by atoms with Crippen LogP contribution in [0.15, 0.2) is 29.6 Å². The van der Waals surface area contributed by atoms with E-state index >= 15 is 0 Å². The van der Waals surface area contributed by atoms with E-state index in [1.807, 2.05) is 18.4 Å². The Morgan fingerprint density at radius 1 is 1.38 bits per heavy atom. The van der Waals surface area contributed by atoms with Crippen molar-refractivity contribution >= 4 is 28.9 Å². The van der Waals surface area contributed by atoms with E-state index in [0.29, 0.717) is 10.6 Å². The zero-order valence-corrected chi connectivity index (χ0v) is 10.1. The SMILES string of the molecule is Cc1ccsc1-c1cc(Cl)ccc1C(=O)O. The Morgan fingerprint density at radius 2 is 2.12 bits per heavy atom. The average Bonchev–Trinajstić information content (AvgIpc) is 2.63. The van der Waals surface area contributed by atoms with Crippen molar-refractivity contribution in [1.29, 1.82) is 0 Å². The quantitative estimate of drug-likeness (QED) is 0.875. The third-order valence-corrected chi connectivity index (χ3v) is 3.60. The zero-order chi connectivity index (χ0) is 11.7. The van der Waals surface area contributed by atoms with Crippen molar-refractivity contribution in [2.24, 2.45) is 0 Å². The Hall–Kier alpha value is -1.32. The topological polar surface area (TPSA) is 37.3 Å². The zero-order valence-electron chi connectivity index (χ0n) is 8.53. The number of hydrogen-bond acceptors (Lipinski definition) is 2. The van der Waals surface area contributed by atoms with Gasteiger partial charge in [-0.25, -0.2) is 4.79 Å². The number of hydrogen-bond donors (Lipinski definition) is 1. The molecule has 0 saturated carbocycles. The van der Waals surface area contributed by atoms with E-state index in [-0.39, 0.29) is 5.56 Å². The Bertz CT molecular complexity index is 546. The molecule has 0 unspecified atom stereocenters. The molecule has 0 radical (unpaired) electrons. The molecule has 2 rings (SSSR count). The van der Waals surface area contributed by atoms with Gasteiger partial charge in [0.15, 0.2) is 0 Å². The predicted octanol–water partition coefficient (Wildman–Crippen LogP) is 4.08. The summed E-state index contributed by atoms with van der Waals surface area (Å²) in [4.78, 5) is 12.1. The summed E-state index contributed by atoms with van der Waals surface area (Å²) in [5.74, 6) is -0.931. The number of aromatic carboxylic acids is 1. The fourth-order valence-corrected chi connectivity index (χ4v) is 2.67. The standard InChI is InChI=1S/C12H9ClO2S/c1-7-4-5-16-11(7)10-6-8(13)2-3-9(10)12(14)15/h2-6H,1H3,(H,14,15). The van der Waals surface area contributed by atoms with Crippen LogP contribution in [0, 0.1) is 6.92 Å². The minimum Gasteiger partial charge on any atom is -0.478 e. The monoisotopic (exact) mass is 252 g/mol. The van der Waals surface area contributed by atoms with Gasteiger partial charge in [-0.3, -0.25) is 0 Å². The molecule has 0 saturated heterocycles. The molecule has 0 aliphatic heterocycles. The van der Waals surface area contributed by atoms with Crippen LogP contribution in [0.1, 0.15) is 15.9 Å². The number of rotatable bonds is 2. The molecule has 16 heavy (non-hydrogen) atoms. The number of carboxylic acid groups (broad SMARTS) is 1. The molecule has 1 aromatic carbocycles. The maximum atomic E-state index is 11.1. The van der Waals surface area contributed by atoms with Crippen LogP contribution >= 0.6 is 22.9 Å². The number of aryl methyl sites for hydroxylation is 1. The summed E-state index contributed by atoms with van der Waals surface area (Å²) in [6.07, 6.45) is 0. The van der Waals surface area contributed by atoms with Crippen LogP contribution in [0.2, 0.25) is 5.02 Å². The fourth-order valence-electron chi connectivity index (χ4n) is 1.54. The van der Waals surface area contributed by atoms with Crippen LogP contribution in [0.4, 0.5) is 0 Å². The van der Waals surface area contributed by atoms with E-state index in [1.54, 1.807) is 18.2 Å².